The second kappa shape index (κ2) is 7.35. The van der Waals surface area contributed by atoms with E-state index in [2.05, 4.69) is 4.98 Å². The maximum absolute atomic E-state index is 12.8. The number of benzene rings is 1. The molecule has 0 spiro atoms. The number of carboxylic acids is 1. The molecule has 26 heavy (non-hydrogen) atoms. The van der Waals surface area contributed by atoms with Crippen molar-refractivity contribution in [3.05, 3.63) is 59.9 Å². The largest absolute Gasteiger partial charge is 0.477 e. The van der Waals surface area contributed by atoms with Crippen LogP contribution in [0.1, 0.15) is 34.2 Å². The number of para-hydroxylation sites is 1. The van der Waals surface area contributed by atoms with E-state index in [0.29, 0.717) is 19.5 Å². The molecule has 2 heterocycles. The summed E-state index contributed by atoms with van der Waals surface area (Å²) >= 11 is 0. The molecule has 1 unspecified atom stereocenters. The smallest absolute Gasteiger partial charge is 0.354 e. The number of anilines is 1. The number of hydrogen-bond donors (Lipinski definition) is 1. The lowest BCUT2D eigenvalue weighted by Gasteiger charge is -2.27. The minimum atomic E-state index is -1.15. The number of pyridine rings is 1. The summed E-state index contributed by atoms with van der Waals surface area (Å²) in [5, 5.41) is 8.91. The molecule has 7 nitrogen and oxygen atoms in total. The highest BCUT2D eigenvalue weighted by atomic mass is 16.4. The highest BCUT2D eigenvalue weighted by Gasteiger charge is 2.38. The zero-order valence-corrected chi connectivity index (χ0v) is 14.3. The maximum atomic E-state index is 12.8. The van der Waals surface area contributed by atoms with Gasteiger partial charge in [-0.3, -0.25) is 9.59 Å². The van der Waals surface area contributed by atoms with Crippen molar-refractivity contribution in [2.75, 3.05) is 18.0 Å². The Balaban J connectivity index is 1.79. The van der Waals surface area contributed by atoms with E-state index < -0.39 is 12.0 Å². The van der Waals surface area contributed by atoms with Gasteiger partial charge in [-0.25, -0.2) is 9.78 Å². The van der Waals surface area contributed by atoms with Crippen LogP contribution in [-0.4, -0.2) is 51.9 Å². The van der Waals surface area contributed by atoms with Crippen molar-refractivity contribution in [2.45, 2.75) is 19.4 Å². The van der Waals surface area contributed by atoms with E-state index in [1.807, 2.05) is 37.3 Å². The van der Waals surface area contributed by atoms with Crippen LogP contribution in [0.4, 0.5) is 5.69 Å². The fourth-order valence-electron chi connectivity index (χ4n) is 3.14. The summed E-state index contributed by atoms with van der Waals surface area (Å²) in [6.45, 7) is 2.74. The number of aromatic carboxylic acids is 1. The van der Waals surface area contributed by atoms with Crippen molar-refractivity contribution in [1.82, 2.24) is 9.88 Å². The summed E-state index contributed by atoms with van der Waals surface area (Å²) in [5.41, 5.74) is 0.954. The van der Waals surface area contributed by atoms with Crippen molar-refractivity contribution in [2.24, 2.45) is 0 Å². The van der Waals surface area contributed by atoms with Crippen molar-refractivity contribution in [3.63, 3.8) is 0 Å². The predicted molar refractivity (Wildman–Crippen MR) is 95.1 cm³/mol. The Bertz CT molecular complexity index is 820. The van der Waals surface area contributed by atoms with E-state index in [1.54, 1.807) is 4.90 Å². The van der Waals surface area contributed by atoms with Crippen LogP contribution in [0.2, 0.25) is 0 Å². The lowest BCUT2D eigenvalue weighted by Crippen LogP contribution is -2.45. The molecule has 0 aliphatic carbocycles. The number of carbonyl (C=O) groups excluding carboxylic acids is 2. The number of rotatable bonds is 5. The SMILES string of the molecule is CCN(C(=O)c1ccc(C(=O)O)nc1)C1CCN(c2ccccc2)C1=O. The number of aromatic nitrogens is 1. The first-order valence-corrected chi connectivity index (χ1v) is 8.39. The Morgan fingerprint density at radius 1 is 1.23 bits per heavy atom. The molecule has 1 aliphatic rings. The first-order valence-electron chi connectivity index (χ1n) is 8.39. The number of amides is 2. The monoisotopic (exact) mass is 353 g/mol. The van der Waals surface area contributed by atoms with Gasteiger partial charge in [0, 0.05) is 25.0 Å². The quantitative estimate of drug-likeness (QED) is 0.888. The molecule has 1 atom stereocenters. The van der Waals surface area contributed by atoms with Gasteiger partial charge in [0.2, 0.25) is 5.91 Å². The molecular weight excluding hydrogens is 334 g/mol. The molecule has 7 heteroatoms. The molecule has 1 saturated heterocycles. The Labute approximate surface area is 150 Å². The van der Waals surface area contributed by atoms with Crippen molar-refractivity contribution in [3.8, 4) is 0 Å². The van der Waals surface area contributed by atoms with Gasteiger partial charge in [0.25, 0.3) is 5.91 Å². The van der Waals surface area contributed by atoms with E-state index in [0.717, 1.165) is 5.69 Å². The molecule has 0 bridgehead atoms. The molecule has 2 aromatic rings. The fourth-order valence-corrected chi connectivity index (χ4v) is 3.14. The number of hydrogen-bond acceptors (Lipinski definition) is 4. The van der Waals surface area contributed by atoms with E-state index >= 15 is 0 Å². The van der Waals surface area contributed by atoms with E-state index in [1.165, 1.54) is 23.2 Å². The van der Waals surface area contributed by atoms with Crippen LogP contribution in [0.3, 0.4) is 0 Å². The topological polar surface area (TPSA) is 90.8 Å². The third kappa shape index (κ3) is 3.28. The lowest BCUT2D eigenvalue weighted by atomic mass is 10.1. The van der Waals surface area contributed by atoms with E-state index in [9.17, 15) is 14.4 Å². The van der Waals surface area contributed by atoms with E-state index in [-0.39, 0.29) is 23.1 Å². The van der Waals surface area contributed by atoms with Gasteiger partial charge >= 0.3 is 5.97 Å². The van der Waals surface area contributed by atoms with Crippen molar-refractivity contribution in [1.29, 1.82) is 0 Å². The molecular formula is C19H19N3O4. The molecule has 3 rings (SSSR count). The molecule has 134 valence electrons. The van der Waals surface area contributed by atoms with Gasteiger partial charge in [-0.2, -0.15) is 0 Å². The van der Waals surface area contributed by atoms with Gasteiger partial charge in [0.15, 0.2) is 0 Å². The lowest BCUT2D eigenvalue weighted by molar-refractivity contribution is -0.120. The molecule has 1 aromatic carbocycles. The number of likely N-dealkylation sites (N-methyl/N-ethyl adjacent to an activating group) is 1. The van der Waals surface area contributed by atoms with Crippen LogP contribution in [0, 0.1) is 0 Å². The van der Waals surface area contributed by atoms with Crippen LogP contribution in [0.5, 0.6) is 0 Å². The summed E-state index contributed by atoms with van der Waals surface area (Å²) in [6, 6.07) is 11.5. The Morgan fingerprint density at radius 2 is 1.96 bits per heavy atom. The summed E-state index contributed by atoms with van der Waals surface area (Å²) in [7, 11) is 0. The summed E-state index contributed by atoms with van der Waals surface area (Å²) < 4.78 is 0. The second-order valence-corrected chi connectivity index (χ2v) is 5.96. The molecule has 0 radical (unpaired) electrons. The van der Waals surface area contributed by atoms with E-state index in [4.69, 9.17) is 5.11 Å². The molecule has 1 aromatic heterocycles. The Hall–Kier alpha value is -3.22. The van der Waals surface area contributed by atoms with Crippen molar-refractivity contribution >= 4 is 23.5 Å². The molecule has 0 saturated carbocycles. The third-order valence-electron chi connectivity index (χ3n) is 4.45. The van der Waals surface area contributed by atoms with Crippen LogP contribution in [-0.2, 0) is 4.79 Å². The van der Waals surface area contributed by atoms with Gasteiger partial charge in [-0.15, -0.1) is 0 Å². The highest BCUT2D eigenvalue weighted by Crippen LogP contribution is 2.25. The Morgan fingerprint density at radius 3 is 2.54 bits per heavy atom. The summed E-state index contributed by atoms with van der Waals surface area (Å²) in [5.74, 6) is -1.59. The van der Waals surface area contributed by atoms with Crippen LogP contribution in [0.25, 0.3) is 0 Å². The van der Waals surface area contributed by atoms with Gasteiger partial charge in [0.1, 0.15) is 11.7 Å². The molecule has 1 N–H and O–H groups in total. The maximum Gasteiger partial charge on any atom is 0.354 e. The van der Waals surface area contributed by atoms with Gasteiger partial charge in [-0.05, 0) is 37.6 Å². The third-order valence-corrected chi connectivity index (χ3v) is 4.45. The second-order valence-electron chi connectivity index (χ2n) is 5.96. The van der Waals surface area contributed by atoms with Gasteiger partial charge in [0.05, 0.1) is 5.56 Å². The molecule has 1 aliphatic heterocycles. The molecule has 1 fully saturated rings. The minimum absolute atomic E-state index is 0.110. The van der Waals surface area contributed by atoms with Gasteiger partial charge < -0.3 is 14.9 Å². The highest BCUT2D eigenvalue weighted by molar-refractivity contribution is 6.04. The average Bonchev–Trinajstić information content (AvgIpc) is 3.04. The number of carboxylic acid groups (broad SMARTS) is 1. The first-order chi connectivity index (χ1) is 12.5. The van der Waals surface area contributed by atoms with Crippen LogP contribution in [0.15, 0.2) is 48.7 Å². The van der Waals surface area contributed by atoms with Crippen LogP contribution >= 0.6 is 0 Å². The molecule has 2 amide bonds. The summed E-state index contributed by atoms with van der Waals surface area (Å²) in [4.78, 5) is 43.5. The first kappa shape index (κ1) is 17.6. The standard InChI is InChI=1S/C19H19N3O4/c1-2-21(17(23)13-8-9-15(19(25)26)20-12-13)16-10-11-22(18(16)24)14-6-4-3-5-7-14/h3-9,12,16H,2,10-11H2,1H3,(H,25,26). The number of nitrogens with zero attached hydrogens (tertiary/aromatic N) is 3. The zero-order valence-electron chi connectivity index (χ0n) is 14.3. The van der Waals surface area contributed by atoms with Gasteiger partial charge in [-0.1, -0.05) is 18.2 Å². The normalized spacial score (nSPS) is 16.6. The fraction of sp³-hybridized carbons (Fsp3) is 0.263. The zero-order chi connectivity index (χ0) is 18.7. The Kier molecular flexibility index (Phi) is 4.97. The predicted octanol–water partition coefficient (Wildman–Crippen LogP) is 2.05. The number of carbonyl (C=O) groups is 3. The van der Waals surface area contributed by atoms with Crippen molar-refractivity contribution < 1.29 is 19.5 Å². The minimum Gasteiger partial charge on any atom is -0.477 e. The summed E-state index contributed by atoms with van der Waals surface area (Å²) in [6.07, 6.45) is 1.79. The average molecular weight is 353 g/mol. The van der Waals surface area contributed by atoms with Crippen LogP contribution < -0.4 is 4.90 Å².